The smallest absolute Gasteiger partial charge is 0.119 e. The summed E-state index contributed by atoms with van der Waals surface area (Å²) < 4.78 is 6.08. The quantitative estimate of drug-likeness (QED) is 0.285. The van der Waals surface area contributed by atoms with Crippen molar-refractivity contribution >= 4 is 0 Å². The van der Waals surface area contributed by atoms with Crippen LogP contribution in [0, 0.1) is 17.8 Å². The lowest BCUT2D eigenvalue weighted by molar-refractivity contribution is 0.228. The lowest BCUT2D eigenvalue weighted by atomic mass is 9.78. The van der Waals surface area contributed by atoms with E-state index in [9.17, 15) is 0 Å². The van der Waals surface area contributed by atoms with E-state index in [-0.39, 0.29) is 0 Å². The molecule has 0 aromatic heterocycles. The second kappa shape index (κ2) is 14.2. The fraction of sp³-hybridized carbons (Fsp3) is 0.800. The highest BCUT2D eigenvalue weighted by atomic mass is 16.5. The molecular formula is C30H50O. The van der Waals surface area contributed by atoms with Crippen LogP contribution in [0.2, 0.25) is 0 Å². The normalized spacial score (nSPS) is 26.6. The Kier molecular flexibility index (Phi) is 11.3. The molecular weight excluding hydrogens is 376 g/mol. The van der Waals surface area contributed by atoms with E-state index in [2.05, 4.69) is 38.1 Å². The minimum atomic E-state index is 0.781. The summed E-state index contributed by atoms with van der Waals surface area (Å²) >= 11 is 0. The number of ether oxygens (including phenoxy) is 1. The molecule has 0 heterocycles. The number of benzene rings is 1. The molecule has 2 saturated carbocycles. The van der Waals surface area contributed by atoms with Crippen LogP contribution in [0.5, 0.6) is 5.75 Å². The predicted molar refractivity (Wildman–Crippen MR) is 135 cm³/mol. The first-order chi connectivity index (χ1) is 15.3. The molecule has 31 heavy (non-hydrogen) atoms. The Hall–Kier alpha value is -0.980. The van der Waals surface area contributed by atoms with Crippen LogP contribution in [0.1, 0.15) is 134 Å². The average Bonchev–Trinajstić information content (AvgIpc) is 2.83. The van der Waals surface area contributed by atoms with E-state index in [0.29, 0.717) is 0 Å². The van der Waals surface area contributed by atoms with Gasteiger partial charge in [-0.05, 0) is 79.9 Å². The molecule has 2 fully saturated rings. The first kappa shape index (κ1) is 24.7. The molecule has 1 aromatic carbocycles. The summed E-state index contributed by atoms with van der Waals surface area (Å²) in [6.07, 6.45) is 24.1. The summed E-state index contributed by atoms with van der Waals surface area (Å²) in [6.45, 7) is 5.54. The monoisotopic (exact) mass is 426 g/mol. The number of rotatable bonds is 13. The minimum absolute atomic E-state index is 0.781. The van der Waals surface area contributed by atoms with Gasteiger partial charge in [-0.1, -0.05) is 96.6 Å². The van der Waals surface area contributed by atoms with E-state index in [1.54, 1.807) is 0 Å². The van der Waals surface area contributed by atoms with Crippen LogP contribution in [-0.2, 0) is 0 Å². The van der Waals surface area contributed by atoms with E-state index in [0.717, 1.165) is 36.0 Å². The summed E-state index contributed by atoms with van der Waals surface area (Å²) in [5.41, 5.74) is 1.53. The molecule has 3 rings (SSSR count). The lowest BCUT2D eigenvalue weighted by Gasteiger charge is -2.28. The predicted octanol–water partition coefficient (Wildman–Crippen LogP) is 9.70. The van der Waals surface area contributed by atoms with Gasteiger partial charge in [0.2, 0.25) is 0 Å². The Bertz CT molecular complexity index is 561. The lowest BCUT2D eigenvalue weighted by Crippen LogP contribution is -2.15. The van der Waals surface area contributed by atoms with Gasteiger partial charge in [0.15, 0.2) is 0 Å². The third kappa shape index (κ3) is 8.82. The van der Waals surface area contributed by atoms with Gasteiger partial charge >= 0.3 is 0 Å². The molecule has 0 aliphatic heterocycles. The van der Waals surface area contributed by atoms with Gasteiger partial charge in [-0.2, -0.15) is 0 Å². The van der Waals surface area contributed by atoms with Crippen molar-refractivity contribution in [1.82, 2.24) is 0 Å². The standard InChI is InChI=1S/C30H50O/c1-3-5-6-7-8-10-26-12-14-27(15-13-26)11-9-24-31-30-22-20-29(21-23-30)28-18-16-25(4-2)17-19-28/h20-23,25-28H,3-19,24H2,1-2H3/t25-,26-,27-,28-. The molecule has 0 N–H and O–H groups in total. The molecule has 0 atom stereocenters. The van der Waals surface area contributed by atoms with Crippen molar-refractivity contribution in [1.29, 1.82) is 0 Å². The van der Waals surface area contributed by atoms with Crippen LogP contribution in [0.25, 0.3) is 0 Å². The molecule has 2 aliphatic rings. The van der Waals surface area contributed by atoms with E-state index < -0.39 is 0 Å². The zero-order chi connectivity index (χ0) is 21.7. The average molecular weight is 427 g/mol. The highest BCUT2D eigenvalue weighted by Gasteiger charge is 2.22. The summed E-state index contributed by atoms with van der Waals surface area (Å²) in [7, 11) is 0. The van der Waals surface area contributed by atoms with Crippen molar-refractivity contribution in [2.45, 2.75) is 129 Å². The van der Waals surface area contributed by atoms with Gasteiger partial charge in [0.05, 0.1) is 6.61 Å². The Morgan fingerprint density at radius 1 is 0.645 bits per heavy atom. The van der Waals surface area contributed by atoms with Gasteiger partial charge in [0.1, 0.15) is 5.75 Å². The van der Waals surface area contributed by atoms with Gasteiger partial charge in [-0.25, -0.2) is 0 Å². The fourth-order valence-electron chi connectivity index (χ4n) is 6.15. The molecule has 2 aliphatic carbocycles. The van der Waals surface area contributed by atoms with Crippen molar-refractivity contribution in [2.24, 2.45) is 17.8 Å². The van der Waals surface area contributed by atoms with Crippen LogP contribution >= 0.6 is 0 Å². The Balaban J connectivity index is 1.24. The van der Waals surface area contributed by atoms with Crippen LogP contribution in [-0.4, -0.2) is 6.61 Å². The van der Waals surface area contributed by atoms with Crippen LogP contribution in [0.15, 0.2) is 24.3 Å². The van der Waals surface area contributed by atoms with Gasteiger partial charge in [0, 0.05) is 0 Å². The Morgan fingerprint density at radius 3 is 1.84 bits per heavy atom. The second-order valence-corrected chi connectivity index (χ2v) is 10.8. The zero-order valence-electron chi connectivity index (χ0n) is 20.8. The van der Waals surface area contributed by atoms with Gasteiger partial charge in [-0.3, -0.25) is 0 Å². The van der Waals surface area contributed by atoms with E-state index in [1.165, 1.54) is 115 Å². The van der Waals surface area contributed by atoms with Crippen LogP contribution < -0.4 is 4.74 Å². The maximum atomic E-state index is 6.08. The highest BCUT2D eigenvalue weighted by molar-refractivity contribution is 5.29. The molecule has 0 bridgehead atoms. The molecule has 0 amide bonds. The first-order valence-electron chi connectivity index (χ1n) is 14.0. The van der Waals surface area contributed by atoms with Gasteiger partial charge in [-0.15, -0.1) is 0 Å². The number of hydrogen-bond donors (Lipinski definition) is 0. The molecule has 1 nitrogen and oxygen atoms in total. The van der Waals surface area contributed by atoms with Crippen molar-refractivity contribution in [3.8, 4) is 5.75 Å². The molecule has 0 unspecified atom stereocenters. The summed E-state index contributed by atoms with van der Waals surface area (Å²) in [5.74, 6) is 4.82. The maximum absolute atomic E-state index is 6.08. The van der Waals surface area contributed by atoms with Crippen molar-refractivity contribution < 1.29 is 4.74 Å². The molecule has 1 aromatic rings. The second-order valence-electron chi connectivity index (χ2n) is 10.8. The molecule has 1 heteroatoms. The molecule has 176 valence electrons. The maximum Gasteiger partial charge on any atom is 0.119 e. The Morgan fingerprint density at radius 2 is 1.23 bits per heavy atom. The van der Waals surface area contributed by atoms with Crippen LogP contribution in [0.4, 0.5) is 0 Å². The fourth-order valence-corrected chi connectivity index (χ4v) is 6.15. The van der Waals surface area contributed by atoms with Crippen molar-refractivity contribution in [3.63, 3.8) is 0 Å². The highest BCUT2D eigenvalue weighted by Crippen LogP contribution is 2.37. The summed E-state index contributed by atoms with van der Waals surface area (Å²) in [5, 5.41) is 0. The molecule has 0 spiro atoms. The molecule has 0 saturated heterocycles. The van der Waals surface area contributed by atoms with Crippen LogP contribution in [0.3, 0.4) is 0 Å². The van der Waals surface area contributed by atoms with Gasteiger partial charge in [0.25, 0.3) is 0 Å². The summed E-state index contributed by atoms with van der Waals surface area (Å²) in [6, 6.07) is 9.09. The van der Waals surface area contributed by atoms with Crippen molar-refractivity contribution in [2.75, 3.05) is 6.61 Å². The first-order valence-corrected chi connectivity index (χ1v) is 14.0. The third-order valence-corrected chi connectivity index (χ3v) is 8.48. The minimum Gasteiger partial charge on any atom is -0.494 e. The summed E-state index contributed by atoms with van der Waals surface area (Å²) in [4.78, 5) is 0. The van der Waals surface area contributed by atoms with Gasteiger partial charge < -0.3 is 4.74 Å². The topological polar surface area (TPSA) is 9.23 Å². The Labute approximate surface area is 193 Å². The number of hydrogen-bond acceptors (Lipinski definition) is 1. The number of unbranched alkanes of at least 4 members (excludes halogenated alkanes) is 4. The van der Waals surface area contributed by atoms with E-state index in [1.807, 2.05) is 0 Å². The van der Waals surface area contributed by atoms with Crippen molar-refractivity contribution in [3.05, 3.63) is 29.8 Å². The third-order valence-electron chi connectivity index (χ3n) is 8.48. The SMILES string of the molecule is CCCCCCC[C@H]1CC[C@H](CCCOc2ccc([C@H]3CC[C@H](CC)CC3)cc2)CC1. The van der Waals surface area contributed by atoms with E-state index >= 15 is 0 Å². The molecule has 0 radical (unpaired) electrons. The largest absolute Gasteiger partial charge is 0.494 e. The zero-order valence-corrected chi connectivity index (χ0v) is 20.8. The van der Waals surface area contributed by atoms with E-state index in [4.69, 9.17) is 4.74 Å².